The van der Waals surface area contributed by atoms with E-state index in [0.717, 1.165) is 23.4 Å². The number of amides is 1. The van der Waals surface area contributed by atoms with Gasteiger partial charge in [0, 0.05) is 5.69 Å². The van der Waals surface area contributed by atoms with E-state index >= 15 is 0 Å². The second-order valence-corrected chi connectivity index (χ2v) is 6.10. The lowest BCUT2D eigenvalue weighted by molar-refractivity contribution is 0.0936. The number of aromatic hydroxyl groups is 1. The highest BCUT2D eigenvalue weighted by Crippen LogP contribution is 2.18. The van der Waals surface area contributed by atoms with Crippen molar-refractivity contribution in [2.45, 2.75) is 13.3 Å². The molecule has 4 N–H and O–H groups in total. The molecule has 0 bridgehead atoms. The third-order valence-electron chi connectivity index (χ3n) is 3.87. The molecule has 1 amide bonds. The average molecular weight is 381 g/mol. The van der Waals surface area contributed by atoms with Crippen LogP contribution in [0.3, 0.4) is 0 Å². The van der Waals surface area contributed by atoms with Crippen molar-refractivity contribution in [3.63, 3.8) is 0 Å². The molecule has 3 aromatic rings. The summed E-state index contributed by atoms with van der Waals surface area (Å²) in [5.41, 5.74) is 7.64. The van der Waals surface area contributed by atoms with E-state index in [0.29, 0.717) is 0 Å². The Kier molecular flexibility index (Phi) is 5.68. The summed E-state index contributed by atoms with van der Waals surface area (Å²) in [5.74, 6) is -0.830. The number of hydrazine groups is 1. The van der Waals surface area contributed by atoms with Gasteiger partial charge >= 0.3 is 0 Å². The van der Waals surface area contributed by atoms with Crippen LogP contribution in [-0.4, -0.2) is 25.9 Å². The van der Waals surface area contributed by atoms with Gasteiger partial charge in [-0.3, -0.25) is 15.6 Å². The number of nitrogens with zero attached hydrogens (tertiary/aromatic N) is 2. The second-order valence-electron chi connectivity index (χ2n) is 5.69. The van der Waals surface area contributed by atoms with E-state index in [1.807, 2.05) is 61.5 Å². The van der Waals surface area contributed by atoms with Crippen molar-refractivity contribution >= 4 is 28.9 Å². The largest absolute Gasteiger partial charge is 0.504 e. The Morgan fingerprint density at radius 1 is 1.11 bits per heavy atom. The number of hydrogen-bond donors (Lipinski definition) is 4. The van der Waals surface area contributed by atoms with Crippen molar-refractivity contribution in [2.24, 2.45) is 0 Å². The molecule has 0 saturated heterocycles. The van der Waals surface area contributed by atoms with Crippen LogP contribution in [0.5, 0.6) is 5.75 Å². The highest BCUT2D eigenvalue weighted by molar-refractivity contribution is 7.80. The highest BCUT2D eigenvalue weighted by Gasteiger charge is 2.17. The van der Waals surface area contributed by atoms with Gasteiger partial charge in [-0.2, -0.15) is 5.10 Å². The van der Waals surface area contributed by atoms with Crippen LogP contribution in [0, 0.1) is 0 Å². The lowest BCUT2D eigenvalue weighted by Crippen LogP contribution is -2.44. The monoisotopic (exact) mass is 381 g/mol. The number of carbonyl (C=O) groups is 1. The molecule has 7 nitrogen and oxygen atoms in total. The molecule has 1 aromatic heterocycles. The average Bonchev–Trinajstić information content (AvgIpc) is 3.09. The Morgan fingerprint density at radius 2 is 1.81 bits per heavy atom. The molecule has 0 spiro atoms. The zero-order valence-electron chi connectivity index (χ0n) is 14.6. The van der Waals surface area contributed by atoms with Crippen molar-refractivity contribution in [1.82, 2.24) is 20.6 Å². The summed E-state index contributed by atoms with van der Waals surface area (Å²) in [5, 5.41) is 17.4. The van der Waals surface area contributed by atoms with Crippen molar-refractivity contribution in [3.8, 4) is 11.4 Å². The molecule has 138 valence electrons. The molecule has 0 radical (unpaired) electrons. The van der Waals surface area contributed by atoms with Crippen LogP contribution in [0.4, 0.5) is 5.69 Å². The molecule has 0 aliphatic carbocycles. The molecule has 8 heteroatoms. The van der Waals surface area contributed by atoms with E-state index < -0.39 is 5.91 Å². The zero-order chi connectivity index (χ0) is 19.2. The van der Waals surface area contributed by atoms with E-state index in [-0.39, 0.29) is 16.6 Å². The topological polar surface area (TPSA) is 91.2 Å². The molecule has 0 atom stereocenters. The minimum absolute atomic E-state index is 0.108. The minimum atomic E-state index is -0.602. The van der Waals surface area contributed by atoms with E-state index in [1.165, 1.54) is 10.9 Å². The Labute approximate surface area is 162 Å². The van der Waals surface area contributed by atoms with Gasteiger partial charge in [0.1, 0.15) is 0 Å². The van der Waals surface area contributed by atoms with Crippen LogP contribution in [0.15, 0.2) is 60.8 Å². The SMILES string of the molecule is CCc1ccccc1NC(=S)NNC(=O)c1nn(-c2ccccc2)cc1O. The predicted octanol–water partition coefficient (Wildman–Crippen LogP) is 2.77. The summed E-state index contributed by atoms with van der Waals surface area (Å²) in [7, 11) is 0. The van der Waals surface area contributed by atoms with Gasteiger partial charge in [-0.15, -0.1) is 0 Å². The maximum atomic E-state index is 12.3. The van der Waals surface area contributed by atoms with E-state index in [9.17, 15) is 9.90 Å². The Bertz CT molecular complexity index is 956. The molecule has 0 aliphatic rings. The fraction of sp³-hybridized carbons (Fsp3) is 0.105. The van der Waals surface area contributed by atoms with Crippen LogP contribution in [0.25, 0.3) is 5.69 Å². The number of carbonyl (C=O) groups excluding carboxylic acids is 1. The van der Waals surface area contributed by atoms with Crippen LogP contribution in [0.2, 0.25) is 0 Å². The molecule has 2 aromatic carbocycles. The summed E-state index contributed by atoms with van der Waals surface area (Å²) in [6.45, 7) is 2.05. The van der Waals surface area contributed by atoms with Crippen LogP contribution >= 0.6 is 12.2 Å². The number of aromatic nitrogens is 2. The number of hydrogen-bond acceptors (Lipinski definition) is 4. The summed E-state index contributed by atoms with van der Waals surface area (Å²) in [6.07, 6.45) is 2.22. The van der Waals surface area contributed by atoms with Gasteiger partial charge < -0.3 is 10.4 Å². The standard InChI is InChI=1S/C19H19N5O2S/c1-2-13-8-6-7-11-15(13)20-19(27)22-21-18(26)17-16(25)12-24(23-17)14-9-4-3-5-10-14/h3-12,25H,2H2,1H3,(H,21,26)(H2,20,22,27). The van der Waals surface area contributed by atoms with Crippen molar-refractivity contribution < 1.29 is 9.90 Å². The summed E-state index contributed by atoms with van der Waals surface area (Å²) < 4.78 is 1.43. The number of rotatable bonds is 4. The zero-order valence-corrected chi connectivity index (χ0v) is 15.5. The van der Waals surface area contributed by atoms with Crippen molar-refractivity contribution in [2.75, 3.05) is 5.32 Å². The molecule has 0 saturated carbocycles. The molecule has 1 heterocycles. The maximum Gasteiger partial charge on any atom is 0.294 e. The fourth-order valence-electron chi connectivity index (χ4n) is 2.52. The predicted molar refractivity (Wildman–Crippen MR) is 108 cm³/mol. The Morgan fingerprint density at radius 3 is 2.56 bits per heavy atom. The third kappa shape index (κ3) is 4.42. The molecular formula is C19H19N5O2S. The Balaban J connectivity index is 1.62. The van der Waals surface area contributed by atoms with Crippen molar-refractivity contribution in [3.05, 3.63) is 72.1 Å². The van der Waals surface area contributed by atoms with Gasteiger partial charge in [0.2, 0.25) is 0 Å². The molecule has 0 aliphatic heterocycles. The fourth-order valence-corrected chi connectivity index (χ4v) is 2.68. The molecule has 3 rings (SSSR count). The summed E-state index contributed by atoms with van der Waals surface area (Å²) in [4.78, 5) is 12.3. The number of thiocarbonyl (C=S) groups is 1. The first kappa shape index (κ1) is 18.4. The molecule has 0 unspecified atom stereocenters. The van der Waals surface area contributed by atoms with Crippen LogP contribution in [0.1, 0.15) is 23.0 Å². The first-order valence-electron chi connectivity index (χ1n) is 8.37. The van der Waals surface area contributed by atoms with Gasteiger partial charge in [-0.05, 0) is 42.4 Å². The number of para-hydroxylation sites is 2. The van der Waals surface area contributed by atoms with Crippen molar-refractivity contribution in [1.29, 1.82) is 0 Å². The van der Waals surface area contributed by atoms with E-state index in [2.05, 4.69) is 21.3 Å². The van der Waals surface area contributed by atoms with Gasteiger partial charge in [0.05, 0.1) is 11.9 Å². The number of benzene rings is 2. The summed E-state index contributed by atoms with van der Waals surface area (Å²) in [6, 6.07) is 16.9. The highest BCUT2D eigenvalue weighted by atomic mass is 32.1. The van der Waals surface area contributed by atoms with Gasteiger partial charge in [0.15, 0.2) is 16.6 Å². The van der Waals surface area contributed by atoms with E-state index in [4.69, 9.17) is 12.2 Å². The lowest BCUT2D eigenvalue weighted by Gasteiger charge is -2.13. The van der Waals surface area contributed by atoms with Crippen LogP contribution in [-0.2, 0) is 6.42 Å². The first-order chi connectivity index (χ1) is 13.1. The Hall–Kier alpha value is -3.39. The number of aryl methyl sites for hydroxylation is 1. The van der Waals surface area contributed by atoms with Gasteiger partial charge in [0.25, 0.3) is 5.91 Å². The van der Waals surface area contributed by atoms with Gasteiger partial charge in [-0.1, -0.05) is 43.3 Å². The van der Waals surface area contributed by atoms with Crippen LogP contribution < -0.4 is 16.2 Å². The van der Waals surface area contributed by atoms with Gasteiger partial charge in [-0.25, -0.2) is 4.68 Å². The minimum Gasteiger partial charge on any atom is -0.504 e. The smallest absolute Gasteiger partial charge is 0.294 e. The van der Waals surface area contributed by atoms with E-state index in [1.54, 1.807) is 0 Å². The molecule has 27 heavy (non-hydrogen) atoms. The number of anilines is 1. The first-order valence-corrected chi connectivity index (χ1v) is 8.78. The normalized spacial score (nSPS) is 10.3. The molecular weight excluding hydrogens is 362 g/mol. The maximum absolute atomic E-state index is 12.3. The summed E-state index contributed by atoms with van der Waals surface area (Å²) >= 11 is 5.20. The molecule has 0 fully saturated rings. The lowest BCUT2D eigenvalue weighted by atomic mass is 10.1. The second kappa shape index (κ2) is 8.33. The quantitative estimate of drug-likeness (QED) is 0.410. The third-order valence-corrected chi connectivity index (χ3v) is 4.07. The number of nitrogens with one attached hydrogen (secondary N) is 3.